The first-order chi connectivity index (χ1) is 19.0. The van der Waals surface area contributed by atoms with Crippen molar-refractivity contribution in [2.24, 2.45) is 0 Å². The molecule has 10 nitrogen and oxygen atoms in total. The Morgan fingerprint density at radius 1 is 1.18 bits per heavy atom. The maximum Gasteiger partial charge on any atom is 0.281 e. The molecule has 2 fully saturated rings. The molecule has 2 aliphatic heterocycles. The number of carbonyl (C=O) groups is 1. The van der Waals surface area contributed by atoms with Crippen molar-refractivity contribution in [3.63, 3.8) is 0 Å². The summed E-state index contributed by atoms with van der Waals surface area (Å²) in [6, 6.07) is 11.8. The summed E-state index contributed by atoms with van der Waals surface area (Å²) in [5.41, 5.74) is 4.59. The monoisotopic (exact) mass is 613 g/mol. The number of rotatable bonds is 10. The molecule has 2 saturated heterocycles. The number of nitrogens with one attached hydrogen (secondary N) is 1. The summed E-state index contributed by atoms with van der Waals surface area (Å²) in [6.45, 7) is 2.43. The summed E-state index contributed by atoms with van der Waals surface area (Å²) in [6.07, 6.45) is 3.44. The van der Waals surface area contributed by atoms with Crippen molar-refractivity contribution < 1.29 is 31.2 Å². The average molecular weight is 614 g/mol. The van der Waals surface area contributed by atoms with Crippen molar-refractivity contribution in [2.75, 3.05) is 39.5 Å². The molecule has 13 heteroatoms. The summed E-state index contributed by atoms with van der Waals surface area (Å²) in [7, 11) is -4.99. The number of benzene rings is 1. The number of aryl methyl sites for hydroxylation is 1. The number of hydrogen-bond donors (Lipinski definition) is 1. The highest BCUT2D eigenvalue weighted by Gasteiger charge is 2.50. The number of sulfone groups is 1. The molecule has 3 heterocycles. The summed E-state index contributed by atoms with van der Waals surface area (Å²) in [5, 5.41) is 0. The maximum absolute atomic E-state index is 14.0. The summed E-state index contributed by atoms with van der Waals surface area (Å²) in [5.74, 6) is -1.00. The maximum atomic E-state index is 14.0. The molecule has 222 valence electrons. The van der Waals surface area contributed by atoms with Gasteiger partial charge in [-0.25, -0.2) is 18.7 Å². The number of thiophene rings is 1. The molecular formula is C27H39N3O7S3. The van der Waals surface area contributed by atoms with Gasteiger partial charge in [0.15, 0.2) is 16.1 Å². The van der Waals surface area contributed by atoms with E-state index >= 15 is 0 Å². The SMILES string of the molecule is CCCc1ccc(-c2ccc(C3(CC(=O)NOC4CCCCO4)CCN(S(=O)(=O)N(C)C)CCS3(=O)=O)s2)cc1. The van der Waals surface area contributed by atoms with Gasteiger partial charge in [-0.1, -0.05) is 37.6 Å². The third kappa shape index (κ3) is 6.77. The fraction of sp³-hybridized carbons (Fsp3) is 0.593. The van der Waals surface area contributed by atoms with Gasteiger partial charge in [-0.2, -0.15) is 17.0 Å². The second-order valence-corrected chi connectivity index (χ2v) is 16.1. The van der Waals surface area contributed by atoms with Crippen LogP contribution in [0, 0.1) is 0 Å². The van der Waals surface area contributed by atoms with Gasteiger partial charge in [0.05, 0.1) is 12.2 Å². The van der Waals surface area contributed by atoms with Crippen LogP contribution in [0.25, 0.3) is 10.4 Å². The summed E-state index contributed by atoms with van der Waals surface area (Å²) < 4.78 is 59.9. The summed E-state index contributed by atoms with van der Waals surface area (Å²) in [4.78, 5) is 20.0. The molecule has 1 amide bonds. The molecule has 0 aliphatic carbocycles. The fourth-order valence-corrected chi connectivity index (χ4v) is 9.94. The van der Waals surface area contributed by atoms with Gasteiger partial charge in [-0.3, -0.25) is 4.79 Å². The first-order valence-corrected chi connectivity index (χ1v) is 17.5. The number of hydroxylamine groups is 1. The Morgan fingerprint density at radius 2 is 1.93 bits per heavy atom. The molecule has 0 radical (unpaired) electrons. The number of amides is 1. The van der Waals surface area contributed by atoms with E-state index in [4.69, 9.17) is 9.57 Å². The molecule has 2 aromatic rings. The van der Waals surface area contributed by atoms with Crippen LogP contribution in [0.1, 0.15) is 55.9 Å². The zero-order valence-corrected chi connectivity index (χ0v) is 25.7. The van der Waals surface area contributed by atoms with Crippen molar-refractivity contribution in [2.45, 2.75) is 62.9 Å². The van der Waals surface area contributed by atoms with E-state index in [0.717, 1.165) is 40.4 Å². The molecule has 4 rings (SSSR count). The molecule has 1 aromatic heterocycles. The Morgan fingerprint density at radius 3 is 2.58 bits per heavy atom. The molecule has 1 aromatic carbocycles. The smallest absolute Gasteiger partial charge is 0.281 e. The van der Waals surface area contributed by atoms with Gasteiger partial charge in [-0.15, -0.1) is 11.3 Å². The van der Waals surface area contributed by atoms with Gasteiger partial charge < -0.3 is 4.74 Å². The standard InChI is InChI=1S/C27H39N3O7S3/c1-4-7-21-9-11-22(12-10-21)23-13-14-24(38-23)27(20-25(31)28-37-26-8-5-6-18-36-26)15-16-30(17-19-39(27,32)33)40(34,35)29(2)3/h9-14,26H,4-8,15-20H2,1-3H3,(H,28,31). The van der Waals surface area contributed by atoms with E-state index in [0.29, 0.717) is 17.9 Å². The third-order valence-corrected chi connectivity index (χ3v) is 13.4. The van der Waals surface area contributed by atoms with E-state index in [-0.39, 0.29) is 19.5 Å². The van der Waals surface area contributed by atoms with Crippen LogP contribution in [-0.2, 0) is 45.6 Å². The highest BCUT2D eigenvalue weighted by molar-refractivity contribution is 7.92. The first kappa shape index (κ1) is 31.1. The first-order valence-electron chi connectivity index (χ1n) is 13.6. The van der Waals surface area contributed by atoms with Gasteiger partial charge in [0.25, 0.3) is 10.2 Å². The largest absolute Gasteiger partial charge is 0.350 e. The van der Waals surface area contributed by atoms with Gasteiger partial charge in [0, 0.05) is 50.0 Å². The Balaban J connectivity index is 1.66. The Kier molecular flexibility index (Phi) is 10.1. The van der Waals surface area contributed by atoms with Crippen molar-refractivity contribution in [3.05, 3.63) is 46.8 Å². The minimum Gasteiger partial charge on any atom is -0.350 e. The van der Waals surface area contributed by atoms with E-state index in [1.54, 1.807) is 6.07 Å². The Hall–Kier alpha value is -1.87. The zero-order valence-electron chi connectivity index (χ0n) is 23.3. The van der Waals surface area contributed by atoms with Gasteiger partial charge in [0.1, 0.15) is 4.75 Å². The predicted molar refractivity (Wildman–Crippen MR) is 155 cm³/mol. The predicted octanol–water partition coefficient (Wildman–Crippen LogP) is 3.45. The van der Waals surface area contributed by atoms with E-state index in [2.05, 4.69) is 24.5 Å². The van der Waals surface area contributed by atoms with E-state index in [1.165, 1.54) is 35.3 Å². The fourth-order valence-electron chi connectivity index (χ4n) is 5.11. The van der Waals surface area contributed by atoms with Crippen LogP contribution in [-0.4, -0.2) is 77.2 Å². The van der Waals surface area contributed by atoms with E-state index in [9.17, 15) is 21.6 Å². The van der Waals surface area contributed by atoms with Crippen LogP contribution < -0.4 is 5.48 Å². The van der Waals surface area contributed by atoms with Crippen LogP contribution >= 0.6 is 11.3 Å². The highest BCUT2D eigenvalue weighted by Crippen LogP contribution is 2.45. The number of nitrogens with zero attached hydrogens (tertiary/aromatic N) is 2. The molecule has 2 aliphatic rings. The zero-order chi connectivity index (χ0) is 29.0. The number of ether oxygens (including phenoxy) is 1. The second-order valence-electron chi connectivity index (χ2n) is 10.5. The lowest BCUT2D eigenvalue weighted by molar-refractivity contribution is -0.200. The minimum atomic E-state index is -3.98. The van der Waals surface area contributed by atoms with Crippen LogP contribution in [0.5, 0.6) is 0 Å². The lowest BCUT2D eigenvalue weighted by Crippen LogP contribution is -2.43. The third-order valence-electron chi connectivity index (χ3n) is 7.48. The Bertz CT molecular complexity index is 1370. The molecule has 40 heavy (non-hydrogen) atoms. The molecule has 2 unspecified atom stereocenters. The van der Waals surface area contributed by atoms with Crippen LogP contribution in [0.2, 0.25) is 0 Å². The molecule has 0 bridgehead atoms. The number of carbonyl (C=O) groups excluding carboxylic acids is 1. The van der Waals surface area contributed by atoms with Crippen LogP contribution in [0.15, 0.2) is 36.4 Å². The molecule has 0 spiro atoms. The molecule has 2 atom stereocenters. The van der Waals surface area contributed by atoms with Crippen LogP contribution in [0.3, 0.4) is 0 Å². The molecule has 1 N–H and O–H groups in total. The number of hydrogen-bond acceptors (Lipinski definition) is 8. The van der Waals surface area contributed by atoms with E-state index in [1.807, 2.05) is 18.2 Å². The minimum absolute atomic E-state index is 0.0431. The van der Waals surface area contributed by atoms with Crippen molar-refractivity contribution >= 4 is 37.3 Å². The Labute approximate surface area is 241 Å². The molecule has 0 saturated carbocycles. The van der Waals surface area contributed by atoms with Crippen molar-refractivity contribution in [3.8, 4) is 10.4 Å². The highest BCUT2D eigenvalue weighted by atomic mass is 32.2. The summed E-state index contributed by atoms with van der Waals surface area (Å²) >= 11 is 1.32. The molecular weight excluding hydrogens is 575 g/mol. The van der Waals surface area contributed by atoms with Gasteiger partial charge in [-0.05, 0) is 48.9 Å². The van der Waals surface area contributed by atoms with Crippen molar-refractivity contribution in [1.82, 2.24) is 14.1 Å². The van der Waals surface area contributed by atoms with E-state index < -0.39 is 49.2 Å². The quantitative estimate of drug-likeness (QED) is 0.408. The van der Waals surface area contributed by atoms with Crippen molar-refractivity contribution in [1.29, 1.82) is 0 Å². The second kappa shape index (κ2) is 13.0. The van der Waals surface area contributed by atoms with Gasteiger partial charge in [0.2, 0.25) is 5.91 Å². The topological polar surface area (TPSA) is 122 Å². The lowest BCUT2D eigenvalue weighted by Gasteiger charge is -2.31. The van der Waals surface area contributed by atoms with Crippen LogP contribution in [0.4, 0.5) is 0 Å². The normalized spacial score (nSPS) is 24.1. The van der Waals surface area contributed by atoms with Gasteiger partial charge >= 0.3 is 0 Å². The lowest BCUT2D eigenvalue weighted by atomic mass is 9.97. The average Bonchev–Trinajstić information content (AvgIpc) is 3.38.